The number of hydrogen-bond acceptors (Lipinski definition) is 5. The molecule has 3 aromatic heterocycles. The van der Waals surface area contributed by atoms with E-state index in [1.165, 1.54) is 0 Å². The summed E-state index contributed by atoms with van der Waals surface area (Å²) in [4.78, 5) is 30.4. The van der Waals surface area contributed by atoms with E-state index >= 15 is 0 Å². The van der Waals surface area contributed by atoms with Gasteiger partial charge < -0.3 is 0 Å². The lowest BCUT2D eigenvalue weighted by Crippen LogP contribution is -2.16. The summed E-state index contributed by atoms with van der Waals surface area (Å²) in [5.41, 5.74) is 4.39. The molecule has 0 bridgehead atoms. The van der Waals surface area contributed by atoms with Gasteiger partial charge in [-0.3, -0.25) is 15.1 Å². The molecule has 4 rings (SSSR count). The highest BCUT2D eigenvalue weighted by Gasteiger charge is 2.15. The fraction of sp³-hybridized carbons (Fsp3) is 0.0952. The topological polar surface area (TPSA) is 80.7 Å². The molecule has 0 saturated carbocycles. The number of amides is 1. The Kier molecular flexibility index (Phi) is 4.30. The van der Waals surface area contributed by atoms with Gasteiger partial charge in [0.2, 0.25) is 5.95 Å². The third-order valence-corrected chi connectivity index (χ3v) is 4.13. The predicted octanol–water partition coefficient (Wildman–Crippen LogP) is 3.96. The van der Waals surface area contributed by atoms with Crippen molar-refractivity contribution in [3.8, 4) is 11.3 Å². The molecule has 0 atom stereocenters. The summed E-state index contributed by atoms with van der Waals surface area (Å²) in [6.07, 6.45) is 3.43. The first-order valence-electron chi connectivity index (χ1n) is 8.54. The van der Waals surface area contributed by atoms with Gasteiger partial charge in [-0.25, -0.2) is 15.0 Å². The maximum atomic E-state index is 13.0. The Morgan fingerprint density at radius 2 is 1.70 bits per heavy atom. The molecule has 0 aliphatic carbocycles. The van der Waals surface area contributed by atoms with Crippen LogP contribution in [-0.4, -0.2) is 25.8 Å². The molecule has 0 fully saturated rings. The molecule has 1 aromatic carbocycles. The van der Waals surface area contributed by atoms with Crippen molar-refractivity contribution in [2.45, 2.75) is 13.8 Å². The van der Waals surface area contributed by atoms with Crippen LogP contribution in [0.1, 0.15) is 21.7 Å². The summed E-state index contributed by atoms with van der Waals surface area (Å²) in [5.74, 6) is 0.0186. The third-order valence-electron chi connectivity index (χ3n) is 4.13. The molecule has 6 nitrogen and oxygen atoms in total. The van der Waals surface area contributed by atoms with E-state index < -0.39 is 0 Å². The molecule has 3 heterocycles. The van der Waals surface area contributed by atoms with Crippen LogP contribution in [0, 0.1) is 13.8 Å². The van der Waals surface area contributed by atoms with Crippen LogP contribution in [0.2, 0.25) is 0 Å². The highest BCUT2D eigenvalue weighted by atomic mass is 16.1. The van der Waals surface area contributed by atoms with Crippen LogP contribution >= 0.6 is 0 Å². The number of aromatic nitrogens is 4. The van der Waals surface area contributed by atoms with Gasteiger partial charge in [0.25, 0.3) is 5.91 Å². The van der Waals surface area contributed by atoms with Crippen LogP contribution < -0.4 is 5.32 Å². The molecule has 132 valence electrons. The zero-order chi connectivity index (χ0) is 18.8. The number of carbonyl (C=O) groups excluding carboxylic acids is 1. The summed E-state index contributed by atoms with van der Waals surface area (Å²) in [6.45, 7) is 3.74. The van der Waals surface area contributed by atoms with Crippen molar-refractivity contribution in [3.05, 3.63) is 77.9 Å². The van der Waals surface area contributed by atoms with Gasteiger partial charge >= 0.3 is 0 Å². The molecule has 1 N–H and O–H groups in total. The number of aryl methyl sites for hydroxylation is 2. The summed E-state index contributed by atoms with van der Waals surface area (Å²) in [6, 6.07) is 14.9. The number of nitrogens with one attached hydrogen (secondary N) is 1. The average Bonchev–Trinajstić information content (AvgIpc) is 2.67. The lowest BCUT2D eigenvalue weighted by atomic mass is 10.0. The number of anilines is 1. The zero-order valence-electron chi connectivity index (χ0n) is 15.0. The number of benzene rings is 1. The molecular formula is C21H17N5O. The zero-order valence-corrected chi connectivity index (χ0v) is 15.0. The molecule has 0 aliphatic rings. The SMILES string of the molecule is Cc1cc(C)nc(NC(=O)c2cc(-c3cccnc3)nc3ccccc23)n1. The molecule has 0 saturated heterocycles. The maximum Gasteiger partial charge on any atom is 0.258 e. The first-order chi connectivity index (χ1) is 13.1. The van der Waals surface area contributed by atoms with Crippen LogP contribution in [0.3, 0.4) is 0 Å². The monoisotopic (exact) mass is 355 g/mol. The van der Waals surface area contributed by atoms with Crippen molar-refractivity contribution in [1.29, 1.82) is 0 Å². The number of fused-ring (bicyclic) bond motifs is 1. The summed E-state index contributed by atoms with van der Waals surface area (Å²) >= 11 is 0. The van der Waals surface area contributed by atoms with E-state index in [1.807, 2.05) is 56.3 Å². The highest BCUT2D eigenvalue weighted by molar-refractivity contribution is 6.12. The number of rotatable bonds is 3. The second kappa shape index (κ2) is 6.92. The summed E-state index contributed by atoms with van der Waals surface area (Å²) < 4.78 is 0. The lowest BCUT2D eigenvalue weighted by Gasteiger charge is -2.10. The first kappa shape index (κ1) is 16.8. The van der Waals surface area contributed by atoms with Crippen LogP contribution in [0.5, 0.6) is 0 Å². The van der Waals surface area contributed by atoms with Gasteiger partial charge in [-0.05, 0) is 44.2 Å². The van der Waals surface area contributed by atoms with E-state index in [-0.39, 0.29) is 5.91 Å². The fourth-order valence-corrected chi connectivity index (χ4v) is 2.98. The van der Waals surface area contributed by atoms with Crippen molar-refractivity contribution >= 4 is 22.8 Å². The fourth-order valence-electron chi connectivity index (χ4n) is 2.98. The normalized spacial score (nSPS) is 10.7. The van der Waals surface area contributed by atoms with Crippen molar-refractivity contribution in [2.75, 3.05) is 5.32 Å². The van der Waals surface area contributed by atoms with E-state index in [9.17, 15) is 4.79 Å². The van der Waals surface area contributed by atoms with Crippen molar-refractivity contribution in [2.24, 2.45) is 0 Å². The van der Waals surface area contributed by atoms with Gasteiger partial charge in [0.15, 0.2) is 0 Å². The van der Waals surface area contributed by atoms with E-state index in [4.69, 9.17) is 0 Å². The molecule has 0 aliphatic heterocycles. The Morgan fingerprint density at radius 1 is 0.926 bits per heavy atom. The Morgan fingerprint density at radius 3 is 2.44 bits per heavy atom. The number of pyridine rings is 2. The molecule has 4 aromatic rings. The second-order valence-electron chi connectivity index (χ2n) is 6.24. The smallest absolute Gasteiger partial charge is 0.258 e. The van der Waals surface area contributed by atoms with Gasteiger partial charge in [-0.2, -0.15) is 0 Å². The standard InChI is InChI=1S/C21H17N5O/c1-13-10-14(2)24-21(23-13)26-20(27)17-11-19(15-6-5-9-22-12-15)25-18-8-4-3-7-16(17)18/h3-12H,1-2H3,(H,23,24,26,27). The van der Waals surface area contributed by atoms with E-state index in [2.05, 4.69) is 25.3 Å². The Labute approximate surface area is 156 Å². The van der Waals surface area contributed by atoms with Crippen molar-refractivity contribution in [1.82, 2.24) is 19.9 Å². The Bertz CT molecular complexity index is 1120. The van der Waals surface area contributed by atoms with Crippen LogP contribution in [0.25, 0.3) is 22.2 Å². The predicted molar refractivity (Wildman–Crippen MR) is 104 cm³/mol. The Balaban J connectivity index is 1.81. The molecule has 0 unspecified atom stereocenters. The quantitative estimate of drug-likeness (QED) is 0.602. The Hall–Kier alpha value is -3.67. The minimum absolute atomic E-state index is 0.274. The molecule has 0 spiro atoms. The molecule has 1 amide bonds. The van der Waals surface area contributed by atoms with Crippen LogP contribution in [0.15, 0.2) is 60.9 Å². The van der Waals surface area contributed by atoms with E-state index in [0.717, 1.165) is 27.9 Å². The van der Waals surface area contributed by atoms with Crippen molar-refractivity contribution in [3.63, 3.8) is 0 Å². The van der Waals surface area contributed by atoms with Crippen molar-refractivity contribution < 1.29 is 4.79 Å². The van der Waals surface area contributed by atoms with E-state index in [1.54, 1.807) is 18.5 Å². The molecule has 27 heavy (non-hydrogen) atoms. The lowest BCUT2D eigenvalue weighted by molar-refractivity contribution is 0.102. The van der Waals surface area contributed by atoms with Crippen LogP contribution in [-0.2, 0) is 0 Å². The number of para-hydroxylation sites is 1. The number of carbonyl (C=O) groups is 1. The van der Waals surface area contributed by atoms with Gasteiger partial charge in [-0.15, -0.1) is 0 Å². The summed E-state index contributed by atoms with van der Waals surface area (Å²) in [5, 5.41) is 3.58. The minimum atomic E-state index is -0.274. The van der Waals surface area contributed by atoms with Crippen LogP contribution in [0.4, 0.5) is 5.95 Å². The van der Waals surface area contributed by atoms with Gasteiger partial charge in [0.1, 0.15) is 0 Å². The average molecular weight is 355 g/mol. The molecule has 6 heteroatoms. The minimum Gasteiger partial charge on any atom is -0.290 e. The van der Waals surface area contributed by atoms with Gasteiger partial charge in [0.05, 0.1) is 16.8 Å². The van der Waals surface area contributed by atoms with Gasteiger partial charge in [0, 0.05) is 34.7 Å². The summed E-state index contributed by atoms with van der Waals surface area (Å²) in [7, 11) is 0. The second-order valence-corrected chi connectivity index (χ2v) is 6.24. The molecule has 0 radical (unpaired) electrons. The number of hydrogen-bond donors (Lipinski definition) is 1. The largest absolute Gasteiger partial charge is 0.290 e. The highest BCUT2D eigenvalue weighted by Crippen LogP contribution is 2.25. The molecular weight excluding hydrogens is 338 g/mol. The first-order valence-corrected chi connectivity index (χ1v) is 8.54. The third kappa shape index (κ3) is 3.50. The number of nitrogens with zero attached hydrogens (tertiary/aromatic N) is 4. The van der Waals surface area contributed by atoms with E-state index in [0.29, 0.717) is 17.2 Å². The maximum absolute atomic E-state index is 13.0. The van der Waals surface area contributed by atoms with Gasteiger partial charge in [-0.1, -0.05) is 18.2 Å².